The molecule has 1 rings (SSSR count). The van der Waals surface area contributed by atoms with Gasteiger partial charge in [0.25, 0.3) is 0 Å². The van der Waals surface area contributed by atoms with Crippen molar-refractivity contribution in [2.24, 2.45) is 17.6 Å². The molecule has 0 aromatic carbocycles. The third kappa shape index (κ3) is 3.57. The van der Waals surface area contributed by atoms with Crippen molar-refractivity contribution in [3.8, 4) is 0 Å². The summed E-state index contributed by atoms with van der Waals surface area (Å²) in [6.07, 6.45) is -4.30. The van der Waals surface area contributed by atoms with Gasteiger partial charge in [-0.3, -0.25) is 4.79 Å². The Kier molecular flexibility index (Phi) is 4.76. The summed E-state index contributed by atoms with van der Waals surface area (Å²) < 4.78 is 43.3. The van der Waals surface area contributed by atoms with Crippen LogP contribution in [0.1, 0.15) is 6.92 Å². The van der Waals surface area contributed by atoms with E-state index in [9.17, 15) is 18.0 Å². The molecule has 1 aliphatic rings. The summed E-state index contributed by atoms with van der Waals surface area (Å²) in [5.41, 5.74) is 5.15. The summed E-state index contributed by atoms with van der Waals surface area (Å²) in [5, 5.41) is 0. The summed E-state index contributed by atoms with van der Waals surface area (Å²) in [4.78, 5) is 12.5. The Hall–Kier alpha value is -0.820. The lowest BCUT2D eigenvalue weighted by atomic mass is 9.96. The first-order chi connectivity index (χ1) is 7.90. The Balaban J connectivity index is 2.68. The minimum Gasteiger partial charge on any atom is -0.381 e. The molecule has 1 aliphatic heterocycles. The molecule has 0 unspecified atom stereocenters. The molecule has 2 N–H and O–H groups in total. The largest absolute Gasteiger partial charge is 0.393 e. The minimum absolute atomic E-state index is 0.0228. The third-order valence-electron chi connectivity index (χ3n) is 2.92. The molecule has 1 fully saturated rings. The average molecular weight is 254 g/mol. The Labute approximate surface area is 97.9 Å². The Morgan fingerprint density at radius 3 is 2.59 bits per heavy atom. The van der Waals surface area contributed by atoms with Crippen LogP contribution in [-0.4, -0.2) is 49.8 Å². The van der Waals surface area contributed by atoms with Crippen LogP contribution in [0.5, 0.6) is 0 Å². The molecular weight excluding hydrogens is 237 g/mol. The van der Waals surface area contributed by atoms with Crippen molar-refractivity contribution in [1.82, 2.24) is 4.90 Å². The Bertz CT molecular complexity index is 271. The molecule has 100 valence electrons. The van der Waals surface area contributed by atoms with E-state index in [1.807, 2.05) is 0 Å². The monoisotopic (exact) mass is 254 g/mol. The normalized spacial score (nSPS) is 25.4. The van der Waals surface area contributed by atoms with Crippen LogP contribution < -0.4 is 5.73 Å². The lowest BCUT2D eigenvalue weighted by molar-refractivity contribution is -0.184. The van der Waals surface area contributed by atoms with Gasteiger partial charge in [-0.05, 0) is 6.92 Å². The van der Waals surface area contributed by atoms with Gasteiger partial charge in [-0.2, -0.15) is 13.2 Å². The second-order valence-corrected chi connectivity index (χ2v) is 4.07. The molecule has 7 heteroatoms. The van der Waals surface area contributed by atoms with Gasteiger partial charge < -0.3 is 15.4 Å². The number of carbonyl (C=O) groups excluding carboxylic acids is 1. The van der Waals surface area contributed by atoms with Crippen LogP contribution in [0, 0.1) is 11.8 Å². The van der Waals surface area contributed by atoms with Gasteiger partial charge in [0, 0.05) is 25.6 Å². The van der Waals surface area contributed by atoms with E-state index in [2.05, 4.69) is 0 Å². The number of hydrogen-bond donors (Lipinski definition) is 1. The minimum atomic E-state index is -4.30. The van der Waals surface area contributed by atoms with Gasteiger partial charge in [-0.15, -0.1) is 0 Å². The maximum atomic E-state index is 12.8. The molecule has 0 aromatic heterocycles. The van der Waals surface area contributed by atoms with Gasteiger partial charge in [0.1, 0.15) is 0 Å². The number of ether oxygens (including phenoxy) is 1. The van der Waals surface area contributed by atoms with Crippen molar-refractivity contribution < 1.29 is 22.7 Å². The molecule has 0 aliphatic carbocycles. The molecule has 1 saturated heterocycles. The number of rotatable bonds is 4. The number of nitrogens with two attached hydrogens (primary N) is 1. The highest BCUT2D eigenvalue weighted by atomic mass is 19.4. The van der Waals surface area contributed by atoms with Crippen molar-refractivity contribution in [1.29, 1.82) is 0 Å². The summed E-state index contributed by atoms with van der Waals surface area (Å²) in [5.74, 6) is -2.65. The van der Waals surface area contributed by atoms with Crippen LogP contribution in [0.2, 0.25) is 0 Å². The molecule has 0 spiro atoms. The second kappa shape index (κ2) is 5.68. The maximum absolute atomic E-state index is 12.8. The fourth-order valence-corrected chi connectivity index (χ4v) is 2.01. The molecule has 1 amide bonds. The van der Waals surface area contributed by atoms with Crippen molar-refractivity contribution in [2.75, 3.05) is 32.8 Å². The second-order valence-electron chi connectivity index (χ2n) is 4.07. The predicted molar refractivity (Wildman–Crippen MR) is 55.2 cm³/mol. The number of amides is 1. The van der Waals surface area contributed by atoms with E-state index in [0.717, 1.165) is 0 Å². The van der Waals surface area contributed by atoms with Crippen molar-refractivity contribution >= 4 is 5.91 Å². The number of likely N-dealkylation sites (tertiary alicyclic amines) is 1. The average Bonchev–Trinajstić information content (AvgIpc) is 2.69. The molecule has 17 heavy (non-hydrogen) atoms. The first kappa shape index (κ1) is 14.2. The van der Waals surface area contributed by atoms with E-state index in [4.69, 9.17) is 10.5 Å². The SMILES string of the molecule is CCOC[C@H]1CN(C(=O)CN)C[C@@H]1C(F)(F)F. The fourth-order valence-electron chi connectivity index (χ4n) is 2.01. The van der Waals surface area contributed by atoms with Crippen LogP contribution >= 0.6 is 0 Å². The van der Waals surface area contributed by atoms with Crippen LogP contribution in [-0.2, 0) is 9.53 Å². The fraction of sp³-hybridized carbons (Fsp3) is 0.900. The summed E-state index contributed by atoms with van der Waals surface area (Å²) >= 11 is 0. The van der Waals surface area contributed by atoms with Crippen molar-refractivity contribution in [3.05, 3.63) is 0 Å². The van der Waals surface area contributed by atoms with Gasteiger partial charge in [0.15, 0.2) is 0 Å². The first-order valence-electron chi connectivity index (χ1n) is 5.52. The number of carbonyl (C=O) groups is 1. The highest BCUT2D eigenvalue weighted by molar-refractivity contribution is 5.78. The van der Waals surface area contributed by atoms with Gasteiger partial charge >= 0.3 is 6.18 Å². The van der Waals surface area contributed by atoms with Crippen LogP contribution in [0.25, 0.3) is 0 Å². The van der Waals surface area contributed by atoms with Gasteiger partial charge in [-0.25, -0.2) is 0 Å². The van der Waals surface area contributed by atoms with Gasteiger partial charge in [0.05, 0.1) is 19.1 Å². The highest BCUT2D eigenvalue weighted by Crippen LogP contribution is 2.37. The van der Waals surface area contributed by atoms with Crippen molar-refractivity contribution in [2.45, 2.75) is 13.1 Å². The van der Waals surface area contributed by atoms with E-state index in [0.29, 0.717) is 6.61 Å². The third-order valence-corrected chi connectivity index (χ3v) is 2.92. The molecule has 1 heterocycles. The molecule has 2 atom stereocenters. The van der Waals surface area contributed by atoms with E-state index < -0.39 is 23.9 Å². The molecule has 0 bridgehead atoms. The molecule has 0 radical (unpaired) electrons. The first-order valence-corrected chi connectivity index (χ1v) is 5.52. The van der Waals surface area contributed by atoms with Crippen LogP contribution in [0.15, 0.2) is 0 Å². The zero-order chi connectivity index (χ0) is 13.1. The zero-order valence-corrected chi connectivity index (χ0v) is 9.67. The lowest BCUT2D eigenvalue weighted by Gasteiger charge is -2.20. The summed E-state index contributed by atoms with van der Waals surface area (Å²) in [7, 11) is 0. The predicted octanol–water partition coefficient (Wildman–Crippen LogP) is 0.618. The van der Waals surface area contributed by atoms with E-state index in [1.165, 1.54) is 4.90 Å². The smallest absolute Gasteiger partial charge is 0.381 e. The topological polar surface area (TPSA) is 55.6 Å². The maximum Gasteiger partial charge on any atom is 0.393 e. The van der Waals surface area contributed by atoms with E-state index in [1.54, 1.807) is 6.92 Å². The van der Waals surface area contributed by atoms with Gasteiger partial charge in [-0.1, -0.05) is 0 Å². The van der Waals surface area contributed by atoms with Crippen molar-refractivity contribution in [3.63, 3.8) is 0 Å². The van der Waals surface area contributed by atoms with E-state index in [-0.39, 0.29) is 26.2 Å². The number of nitrogens with zero attached hydrogens (tertiary/aromatic N) is 1. The molecular formula is C10H17F3N2O2. The number of hydrogen-bond acceptors (Lipinski definition) is 3. The number of alkyl halides is 3. The van der Waals surface area contributed by atoms with Crippen LogP contribution in [0.4, 0.5) is 13.2 Å². The summed E-state index contributed by atoms with van der Waals surface area (Å²) in [6.45, 7) is 1.62. The number of halogens is 3. The quantitative estimate of drug-likeness (QED) is 0.800. The highest BCUT2D eigenvalue weighted by Gasteiger charge is 2.50. The Morgan fingerprint density at radius 1 is 1.47 bits per heavy atom. The van der Waals surface area contributed by atoms with Gasteiger partial charge in [0.2, 0.25) is 5.91 Å². The molecule has 4 nitrogen and oxygen atoms in total. The Morgan fingerprint density at radius 2 is 2.12 bits per heavy atom. The molecule has 0 aromatic rings. The lowest BCUT2D eigenvalue weighted by Crippen LogP contribution is -2.35. The zero-order valence-electron chi connectivity index (χ0n) is 9.67. The summed E-state index contributed by atoms with van der Waals surface area (Å²) in [6, 6.07) is 0. The van der Waals surface area contributed by atoms with Crippen LogP contribution in [0.3, 0.4) is 0 Å². The van der Waals surface area contributed by atoms with E-state index >= 15 is 0 Å². The molecule has 0 saturated carbocycles. The standard InChI is InChI=1S/C10H17F3N2O2/c1-2-17-6-7-4-15(9(16)3-14)5-8(7)10(11,12)13/h7-8H,2-6,14H2,1H3/t7-,8+/m1/s1.